The third-order valence-electron chi connectivity index (χ3n) is 3.67. The zero-order valence-corrected chi connectivity index (χ0v) is 13.1. The molecule has 1 aliphatic rings. The minimum atomic E-state index is -0.514. The van der Waals surface area contributed by atoms with Crippen molar-refractivity contribution in [2.45, 2.75) is 13.0 Å². The zero-order valence-electron chi connectivity index (χ0n) is 13.1. The van der Waals surface area contributed by atoms with Crippen molar-refractivity contribution < 1.29 is 23.8 Å². The summed E-state index contributed by atoms with van der Waals surface area (Å²) in [6.45, 7) is 2.60. The van der Waals surface area contributed by atoms with Crippen LogP contribution in [0.2, 0.25) is 0 Å². The SMILES string of the molecule is COc1cc(C(=O)N2CCNC(=O)C2C)cc(OC)c1OC. The molecule has 1 fully saturated rings. The Balaban J connectivity index is 2.39. The Kier molecular flexibility index (Phi) is 4.75. The number of nitrogens with zero attached hydrogens (tertiary/aromatic N) is 1. The first-order valence-corrected chi connectivity index (χ1v) is 6.92. The second kappa shape index (κ2) is 6.55. The Hall–Kier alpha value is -2.44. The maximum atomic E-state index is 12.7. The summed E-state index contributed by atoms with van der Waals surface area (Å²) >= 11 is 0. The molecule has 1 aromatic carbocycles. The molecule has 0 bridgehead atoms. The van der Waals surface area contributed by atoms with Crippen LogP contribution in [0.4, 0.5) is 0 Å². The molecule has 1 heterocycles. The van der Waals surface area contributed by atoms with Crippen molar-refractivity contribution in [3.05, 3.63) is 17.7 Å². The average Bonchev–Trinajstić information content (AvgIpc) is 2.55. The average molecular weight is 308 g/mol. The highest BCUT2D eigenvalue weighted by Gasteiger charge is 2.31. The van der Waals surface area contributed by atoms with E-state index in [2.05, 4.69) is 5.32 Å². The molecule has 1 saturated heterocycles. The number of nitrogens with one attached hydrogen (secondary N) is 1. The summed E-state index contributed by atoms with van der Waals surface area (Å²) in [5.41, 5.74) is 0.385. The molecule has 0 saturated carbocycles. The van der Waals surface area contributed by atoms with E-state index >= 15 is 0 Å². The molecular formula is C15H20N2O5. The Morgan fingerprint density at radius 2 is 1.77 bits per heavy atom. The standard InChI is InChI=1S/C15H20N2O5/c1-9-14(18)16-5-6-17(9)15(19)10-7-11(20-2)13(22-4)12(8-10)21-3/h7-9H,5-6H2,1-4H3,(H,16,18). The highest BCUT2D eigenvalue weighted by atomic mass is 16.5. The lowest BCUT2D eigenvalue weighted by atomic mass is 10.1. The fourth-order valence-corrected chi connectivity index (χ4v) is 2.43. The Labute approximate surface area is 129 Å². The van der Waals surface area contributed by atoms with Crippen molar-refractivity contribution in [2.75, 3.05) is 34.4 Å². The lowest BCUT2D eigenvalue weighted by molar-refractivity contribution is -0.127. The van der Waals surface area contributed by atoms with Crippen molar-refractivity contribution in [1.29, 1.82) is 0 Å². The summed E-state index contributed by atoms with van der Waals surface area (Å²) in [7, 11) is 4.48. The normalized spacial score (nSPS) is 17.7. The third-order valence-corrected chi connectivity index (χ3v) is 3.67. The molecule has 1 atom stereocenters. The van der Waals surface area contributed by atoms with E-state index in [0.29, 0.717) is 35.9 Å². The van der Waals surface area contributed by atoms with Crippen molar-refractivity contribution in [3.8, 4) is 17.2 Å². The van der Waals surface area contributed by atoms with Crippen LogP contribution in [0.25, 0.3) is 0 Å². The number of hydrogen-bond donors (Lipinski definition) is 1. The second-order valence-electron chi connectivity index (χ2n) is 4.88. The smallest absolute Gasteiger partial charge is 0.254 e. The van der Waals surface area contributed by atoms with Gasteiger partial charge >= 0.3 is 0 Å². The predicted octanol–water partition coefficient (Wildman–Crippen LogP) is 0.673. The van der Waals surface area contributed by atoms with Crippen molar-refractivity contribution in [1.82, 2.24) is 10.2 Å². The van der Waals surface area contributed by atoms with Gasteiger partial charge in [0, 0.05) is 18.7 Å². The van der Waals surface area contributed by atoms with E-state index in [1.165, 1.54) is 26.2 Å². The first-order chi connectivity index (χ1) is 10.5. The van der Waals surface area contributed by atoms with Gasteiger partial charge in [0.05, 0.1) is 21.3 Å². The number of hydrogen-bond acceptors (Lipinski definition) is 5. The van der Waals surface area contributed by atoms with Crippen molar-refractivity contribution in [2.24, 2.45) is 0 Å². The van der Waals surface area contributed by atoms with Crippen molar-refractivity contribution >= 4 is 11.8 Å². The fraction of sp³-hybridized carbons (Fsp3) is 0.467. The van der Waals surface area contributed by atoms with Gasteiger partial charge in [0.25, 0.3) is 5.91 Å². The largest absolute Gasteiger partial charge is 0.493 e. The number of carbonyl (C=O) groups is 2. The molecule has 2 rings (SSSR count). The van der Waals surface area contributed by atoms with E-state index in [-0.39, 0.29) is 11.8 Å². The van der Waals surface area contributed by atoms with E-state index in [9.17, 15) is 9.59 Å². The molecule has 0 aliphatic carbocycles. The molecule has 120 valence electrons. The molecule has 1 unspecified atom stereocenters. The fourth-order valence-electron chi connectivity index (χ4n) is 2.43. The van der Waals surface area contributed by atoms with Gasteiger partial charge in [-0.3, -0.25) is 9.59 Å². The number of methoxy groups -OCH3 is 3. The minimum Gasteiger partial charge on any atom is -0.493 e. The summed E-state index contributed by atoms with van der Waals surface area (Å²) in [4.78, 5) is 25.9. The third kappa shape index (κ3) is 2.79. The quantitative estimate of drug-likeness (QED) is 0.885. The van der Waals surface area contributed by atoms with Crippen LogP contribution in [0.3, 0.4) is 0 Å². The van der Waals surface area contributed by atoms with E-state index in [1.54, 1.807) is 19.1 Å². The molecule has 1 aliphatic heterocycles. The van der Waals surface area contributed by atoms with Gasteiger partial charge in [0.1, 0.15) is 6.04 Å². The van der Waals surface area contributed by atoms with Gasteiger partial charge in [0.15, 0.2) is 11.5 Å². The summed E-state index contributed by atoms with van der Waals surface area (Å²) < 4.78 is 15.7. The van der Waals surface area contributed by atoms with Crippen LogP contribution in [-0.2, 0) is 4.79 Å². The molecule has 2 amide bonds. The van der Waals surface area contributed by atoms with Gasteiger partial charge < -0.3 is 24.4 Å². The van der Waals surface area contributed by atoms with Gasteiger partial charge in [-0.1, -0.05) is 0 Å². The second-order valence-corrected chi connectivity index (χ2v) is 4.88. The molecular weight excluding hydrogens is 288 g/mol. The summed E-state index contributed by atoms with van der Waals surface area (Å²) in [6.07, 6.45) is 0. The lowest BCUT2D eigenvalue weighted by Gasteiger charge is -2.33. The molecule has 7 nitrogen and oxygen atoms in total. The lowest BCUT2D eigenvalue weighted by Crippen LogP contribution is -2.55. The first-order valence-electron chi connectivity index (χ1n) is 6.92. The van der Waals surface area contributed by atoms with Gasteiger partial charge in [-0.2, -0.15) is 0 Å². The van der Waals surface area contributed by atoms with Crippen LogP contribution in [0, 0.1) is 0 Å². The van der Waals surface area contributed by atoms with E-state index in [0.717, 1.165) is 0 Å². The summed E-state index contributed by atoms with van der Waals surface area (Å²) in [5.74, 6) is 0.818. The summed E-state index contributed by atoms with van der Waals surface area (Å²) in [6, 6.07) is 2.66. The number of rotatable bonds is 4. The van der Waals surface area contributed by atoms with Crippen LogP contribution < -0.4 is 19.5 Å². The van der Waals surface area contributed by atoms with Crippen LogP contribution in [0.1, 0.15) is 17.3 Å². The number of carbonyl (C=O) groups excluding carboxylic acids is 2. The predicted molar refractivity (Wildman–Crippen MR) is 79.6 cm³/mol. The Morgan fingerprint density at radius 1 is 1.18 bits per heavy atom. The van der Waals surface area contributed by atoms with Crippen LogP contribution in [-0.4, -0.2) is 57.2 Å². The van der Waals surface area contributed by atoms with Gasteiger partial charge in [-0.15, -0.1) is 0 Å². The van der Waals surface area contributed by atoms with Crippen LogP contribution in [0.5, 0.6) is 17.2 Å². The van der Waals surface area contributed by atoms with Gasteiger partial charge in [0.2, 0.25) is 11.7 Å². The maximum Gasteiger partial charge on any atom is 0.254 e. The highest BCUT2D eigenvalue weighted by Crippen LogP contribution is 2.38. The van der Waals surface area contributed by atoms with E-state index < -0.39 is 6.04 Å². The topological polar surface area (TPSA) is 77.1 Å². The molecule has 22 heavy (non-hydrogen) atoms. The minimum absolute atomic E-state index is 0.160. The molecule has 1 N–H and O–H groups in total. The van der Waals surface area contributed by atoms with Crippen molar-refractivity contribution in [3.63, 3.8) is 0 Å². The molecule has 0 aromatic heterocycles. The number of amides is 2. The Morgan fingerprint density at radius 3 is 2.27 bits per heavy atom. The molecule has 1 aromatic rings. The number of ether oxygens (including phenoxy) is 3. The van der Waals surface area contributed by atoms with Crippen LogP contribution in [0.15, 0.2) is 12.1 Å². The van der Waals surface area contributed by atoms with Gasteiger partial charge in [-0.05, 0) is 19.1 Å². The highest BCUT2D eigenvalue weighted by molar-refractivity contribution is 5.99. The number of benzene rings is 1. The zero-order chi connectivity index (χ0) is 16.3. The van der Waals surface area contributed by atoms with E-state index in [4.69, 9.17) is 14.2 Å². The molecule has 0 radical (unpaired) electrons. The van der Waals surface area contributed by atoms with Gasteiger partial charge in [-0.25, -0.2) is 0 Å². The Bertz CT molecular complexity index is 562. The maximum absolute atomic E-state index is 12.7. The number of piperazine rings is 1. The molecule has 7 heteroatoms. The summed E-state index contributed by atoms with van der Waals surface area (Å²) in [5, 5.41) is 2.73. The van der Waals surface area contributed by atoms with E-state index in [1.807, 2.05) is 0 Å². The monoisotopic (exact) mass is 308 g/mol. The molecule has 0 spiro atoms. The first kappa shape index (κ1) is 15.9. The van der Waals surface area contributed by atoms with Crippen LogP contribution >= 0.6 is 0 Å².